The summed E-state index contributed by atoms with van der Waals surface area (Å²) in [6, 6.07) is 9.30. The summed E-state index contributed by atoms with van der Waals surface area (Å²) < 4.78 is 46.5. The largest absolute Gasteiger partial charge is 0.573 e. The number of hydrogen-bond acceptors (Lipinski definition) is 4. The van der Waals surface area contributed by atoms with E-state index in [1.54, 1.807) is 4.90 Å². The van der Waals surface area contributed by atoms with Crippen LogP contribution in [-0.2, 0) is 13.1 Å². The number of alkyl halides is 3. The quantitative estimate of drug-likeness (QED) is 0.695. The molecule has 0 unspecified atom stereocenters. The average molecular weight is 408 g/mol. The first-order chi connectivity index (χ1) is 13.6. The SMILES string of the molecule is Cc1cc(OCCN(C)C)cc2c1C(=O)N(Cc1ccc(OC(F)(F)F)cc1)C2. The maximum atomic E-state index is 12.8. The second-order valence-corrected chi connectivity index (χ2v) is 7.28. The number of amides is 1. The van der Waals surface area contributed by atoms with Crippen molar-refractivity contribution in [2.75, 3.05) is 27.2 Å². The van der Waals surface area contributed by atoms with E-state index in [4.69, 9.17) is 4.74 Å². The molecular weight excluding hydrogens is 385 g/mol. The minimum absolute atomic E-state index is 0.0899. The summed E-state index contributed by atoms with van der Waals surface area (Å²) in [5, 5.41) is 0. The van der Waals surface area contributed by atoms with E-state index in [2.05, 4.69) is 4.74 Å². The summed E-state index contributed by atoms with van der Waals surface area (Å²) in [6.45, 7) is 3.95. The van der Waals surface area contributed by atoms with Crippen molar-refractivity contribution in [1.82, 2.24) is 9.80 Å². The summed E-state index contributed by atoms with van der Waals surface area (Å²) >= 11 is 0. The third-order valence-corrected chi connectivity index (χ3v) is 4.59. The van der Waals surface area contributed by atoms with Crippen LogP contribution in [0.3, 0.4) is 0 Å². The van der Waals surface area contributed by atoms with E-state index in [0.29, 0.717) is 25.3 Å². The summed E-state index contributed by atoms with van der Waals surface area (Å²) in [4.78, 5) is 16.5. The van der Waals surface area contributed by atoms with Crippen molar-refractivity contribution in [3.8, 4) is 11.5 Å². The highest BCUT2D eigenvalue weighted by atomic mass is 19.4. The Labute approximate surface area is 167 Å². The van der Waals surface area contributed by atoms with Crippen molar-refractivity contribution in [1.29, 1.82) is 0 Å². The maximum absolute atomic E-state index is 12.8. The highest BCUT2D eigenvalue weighted by Gasteiger charge is 2.32. The Morgan fingerprint density at radius 2 is 1.79 bits per heavy atom. The fourth-order valence-electron chi connectivity index (χ4n) is 3.26. The molecule has 29 heavy (non-hydrogen) atoms. The van der Waals surface area contributed by atoms with Crippen molar-refractivity contribution in [3.05, 3.63) is 58.7 Å². The lowest BCUT2D eigenvalue weighted by molar-refractivity contribution is -0.274. The minimum Gasteiger partial charge on any atom is -0.492 e. The monoisotopic (exact) mass is 408 g/mol. The van der Waals surface area contributed by atoms with E-state index in [0.717, 1.165) is 29.0 Å². The zero-order valence-corrected chi connectivity index (χ0v) is 16.5. The number of nitrogens with zero attached hydrogens (tertiary/aromatic N) is 2. The van der Waals surface area contributed by atoms with Crippen LogP contribution < -0.4 is 9.47 Å². The van der Waals surface area contributed by atoms with Gasteiger partial charge in [-0.2, -0.15) is 0 Å². The lowest BCUT2D eigenvalue weighted by atomic mass is 10.0. The van der Waals surface area contributed by atoms with Crippen molar-refractivity contribution in [2.45, 2.75) is 26.4 Å². The van der Waals surface area contributed by atoms with Crippen LogP contribution in [0, 0.1) is 6.92 Å². The lowest BCUT2D eigenvalue weighted by Crippen LogP contribution is -2.23. The van der Waals surface area contributed by atoms with Crippen molar-refractivity contribution >= 4 is 5.91 Å². The molecule has 1 aliphatic rings. The molecular formula is C21H23F3N2O3. The number of hydrogen-bond donors (Lipinski definition) is 0. The Morgan fingerprint density at radius 1 is 1.10 bits per heavy atom. The number of aryl methyl sites for hydroxylation is 1. The average Bonchev–Trinajstić information content (AvgIpc) is 2.91. The molecule has 156 valence electrons. The third-order valence-electron chi connectivity index (χ3n) is 4.59. The fourth-order valence-corrected chi connectivity index (χ4v) is 3.26. The lowest BCUT2D eigenvalue weighted by Gasteiger charge is -2.16. The van der Waals surface area contributed by atoms with Gasteiger partial charge >= 0.3 is 6.36 Å². The van der Waals surface area contributed by atoms with Gasteiger partial charge in [0.2, 0.25) is 0 Å². The molecule has 8 heteroatoms. The number of carbonyl (C=O) groups is 1. The number of benzene rings is 2. The Bertz CT molecular complexity index is 880. The Morgan fingerprint density at radius 3 is 2.41 bits per heavy atom. The van der Waals surface area contributed by atoms with Gasteiger partial charge in [-0.15, -0.1) is 13.2 Å². The summed E-state index contributed by atoms with van der Waals surface area (Å²) in [6.07, 6.45) is -4.72. The number of rotatable bonds is 7. The second-order valence-electron chi connectivity index (χ2n) is 7.28. The first-order valence-electron chi connectivity index (χ1n) is 9.17. The van der Waals surface area contributed by atoms with E-state index in [9.17, 15) is 18.0 Å². The molecule has 0 saturated carbocycles. The molecule has 0 spiro atoms. The van der Waals surface area contributed by atoms with Crippen LogP contribution in [0.5, 0.6) is 11.5 Å². The topological polar surface area (TPSA) is 42.0 Å². The Kier molecular flexibility index (Phi) is 6.02. The van der Waals surface area contributed by atoms with E-state index in [1.807, 2.05) is 38.1 Å². The van der Waals surface area contributed by atoms with E-state index in [-0.39, 0.29) is 11.7 Å². The second kappa shape index (κ2) is 8.32. The minimum atomic E-state index is -4.72. The van der Waals surface area contributed by atoms with Crippen LogP contribution in [0.4, 0.5) is 13.2 Å². The highest BCUT2D eigenvalue weighted by molar-refractivity contribution is 5.99. The van der Waals surface area contributed by atoms with Gasteiger partial charge in [-0.25, -0.2) is 0 Å². The Hall–Kier alpha value is -2.74. The van der Waals surface area contributed by atoms with E-state index < -0.39 is 6.36 Å². The van der Waals surface area contributed by atoms with Crippen LogP contribution >= 0.6 is 0 Å². The molecule has 1 heterocycles. The van der Waals surface area contributed by atoms with Gasteiger partial charge in [0, 0.05) is 25.2 Å². The first kappa shape index (κ1) is 21.0. The zero-order chi connectivity index (χ0) is 21.2. The van der Waals surface area contributed by atoms with Gasteiger partial charge in [-0.1, -0.05) is 12.1 Å². The van der Waals surface area contributed by atoms with Gasteiger partial charge in [-0.05, 0) is 62.0 Å². The molecule has 0 radical (unpaired) electrons. The molecule has 0 N–H and O–H groups in total. The normalized spacial score (nSPS) is 13.8. The first-order valence-corrected chi connectivity index (χ1v) is 9.17. The predicted molar refractivity (Wildman–Crippen MR) is 102 cm³/mol. The van der Waals surface area contributed by atoms with Gasteiger partial charge in [0.25, 0.3) is 5.91 Å². The molecule has 3 rings (SSSR count). The molecule has 0 aliphatic carbocycles. The maximum Gasteiger partial charge on any atom is 0.573 e. The number of likely N-dealkylation sites (N-methyl/N-ethyl adjacent to an activating group) is 1. The van der Waals surface area contributed by atoms with Gasteiger partial charge in [0.15, 0.2) is 0 Å². The number of carbonyl (C=O) groups excluding carboxylic acids is 1. The molecule has 0 bridgehead atoms. The molecule has 0 saturated heterocycles. The number of halogens is 3. The van der Waals surface area contributed by atoms with Crippen molar-refractivity contribution in [2.24, 2.45) is 0 Å². The highest BCUT2D eigenvalue weighted by Crippen LogP contribution is 2.31. The molecule has 0 atom stereocenters. The molecule has 1 amide bonds. The zero-order valence-electron chi connectivity index (χ0n) is 16.5. The summed E-state index contributed by atoms with van der Waals surface area (Å²) in [5.41, 5.74) is 3.14. The molecule has 0 aromatic heterocycles. The Balaban J connectivity index is 1.67. The van der Waals surface area contributed by atoms with Gasteiger partial charge in [0.1, 0.15) is 18.1 Å². The van der Waals surface area contributed by atoms with Gasteiger partial charge in [-0.3, -0.25) is 4.79 Å². The molecule has 1 aliphatic heterocycles. The molecule has 2 aromatic carbocycles. The van der Waals surface area contributed by atoms with Crippen LogP contribution in [0.15, 0.2) is 36.4 Å². The summed E-state index contributed by atoms with van der Waals surface area (Å²) in [7, 11) is 3.94. The molecule has 5 nitrogen and oxygen atoms in total. The van der Waals surface area contributed by atoms with Crippen LogP contribution in [0.1, 0.15) is 27.0 Å². The number of fused-ring (bicyclic) bond motifs is 1. The van der Waals surface area contributed by atoms with E-state index >= 15 is 0 Å². The molecule has 0 fully saturated rings. The number of ether oxygens (including phenoxy) is 2. The van der Waals surface area contributed by atoms with Crippen LogP contribution in [0.2, 0.25) is 0 Å². The molecule has 2 aromatic rings. The van der Waals surface area contributed by atoms with Gasteiger partial charge in [0.05, 0.1) is 0 Å². The van der Waals surface area contributed by atoms with Crippen LogP contribution in [-0.4, -0.2) is 49.3 Å². The van der Waals surface area contributed by atoms with E-state index in [1.165, 1.54) is 24.3 Å². The third kappa shape index (κ3) is 5.41. The standard InChI is InChI=1S/C21H23F3N2O3/c1-14-10-18(28-9-8-25(2)3)11-16-13-26(20(27)19(14)16)12-15-4-6-17(7-5-15)29-21(22,23)24/h4-7,10-11H,8-9,12-13H2,1-3H3. The van der Waals surface area contributed by atoms with Crippen molar-refractivity contribution in [3.63, 3.8) is 0 Å². The smallest absolute Gasteiger partial charge is 0.492 e. The van der Waals surface area contributed by atoms with Gasteiger partial charge < -0.3 is 19.3 Å². The summed E-state index contributed by atoms with van der Waals surface area (Å²) in [5.74, 6) is 0.354. The van der Waals surface area contributed by atoms with Crippen LogP contribution in [0.25, 0.3) is 0 Å². The predicted octanol–water partition coefficient (Wildman–Crippen LogP) is 3.99. The van der Waals surface area contributed by atoms with Crippen molar-refractivity contribution < 1.29 is 27.4 Å². The fraction of sp³-hybridized carbons (Fsp3) is 0.381.